The molecule has 1 aliphatic heterocycles. The summed E-state index contributed by atoms with van der Waals surface area (Å²) in [6.45, 7) is -0.472. The van der Waals surface area contributed by atoms with Crippen LogP contribution in [0.25, 0.3) is 16.6 Å². The number of carbonyl (C=O) groups is 1. The van der Waals surface area contributed by atoms with E-state index in [2.05, 4.69) is 15.3 Å². The van der Waals surface area contributed by atoms with Gasteiger partial charge in [-0.2, -0.15) is 0 Å². The van der Waals surface area contributed by atoms with Gasteiger partial charge >= 0.3 is 5.97 Å². The van der Waals surface area contributed by atoms with Gasteiger partial charge in [0.05, 0.1) is 28.7 Å². The van der Waals surface area contributed by atoms with Gasteiger partial charge in [-0.3, -0.25) is 14.2 Å². The molecule has 2 heterocycles. The highest BCUT2D eigenvalue weighted by Gasteiger charge is 2.32. The number of hydrogen-bond donors (Lipinski definition) is 3. The van der Waals surface area contributed by atoms with Gasteiger partial charge in [0.25, 0.3) is 11.3 Å². The molecule has 8 heteroatoms. The molecule has 27 heavy (non-hydrogen) atoms. The summed E-state index contributed by atoms with van der Waals surface area (Å²) in [5.74, 6) is -0.662. The fourth-order valence-electron chi connectivity index (χ4n) is 3.17. The number of para-hydroxylation sites is 2. The predicted octanol–water partition coefficient (Wildman–Crippen LogP) is -2.02. The van der Waals surface area contributed by atoms with Crippen molar-refractivity contribution in [3.05, 3.63) is 70.3 Å². The molecular formula is C19H16N4O4. The smallest absolute Gasteiger partial charge is 0.317 e. The zero-order valence-corrected chi connectivity index (χ0v) is 14.2. The van der Waals surface area contributed by atoms with Crippen molar-refractivity contribution < 1.29 is 20.0 Å². The third-order valence-electron chi connectivity index (χ3n) is 4.36. The molecule has 2 aromatic carbocycles. The molecule has 0 saturated heterocycles. The Morgan fingerprint density at radius 2 is 1.96 bits per heavy atom. The average Bonchev–Trinajstić information content (AvgIpc) is 2.98. The second kappa shape index (κ2) is 6.75. The molecule has 0 saturated carbocycles. The number of nitrogens with one attached hydrogen (secondary N) is 2. The van der Waals surface area contributed by atoms with Gasteiger partial charge < -0.3 is 15.5 Å². The van der Waals surface area contributed by atoms with E-state index < -0.39 is 18.7 Å². The molecule has 0 fully saturated rings. The normalized spacial score (nSPS) is 14.9. The number of carboxylic acids is 1. The Hall–Kier alpha value is -3.36. The minimum atomic E-state index is -1.32. The minimum absolute atomic E-state index is 0.0559. The van der Waals surface area contributed by atoms with Crippen molar-refractivity contribution in [3.63, 3.8) is 0 Å². The lowest BCUT2D eigenvalue weighted by Gasteiger charge is -2.17. The summed E-state index contributed by atoms with van der Waals surface area (Å²) in [5, 5.41) is 23.5. The van der Waals surface area contributed by atoms with Crippen molar-refractivity contribution in [2.75, 3.05) is 13.1 Å². The van der Waals surface area contributed by atoms with Crippen LogP contribution in [0, 0.1) is 0 Å². The van der Waals surface area contributed by atoms with E-state index in [1.807, 2.05) is 30.3 Å². The number of rotatable bonds is 5. The van der Waals surface area contributed by atoms with Crippen molar-refractivity contribution in [1.82, 2.24) is 14.9 Å². The Labute approximate surface area is 153 Å². The van der Waals surface area contributed by atoms with E-state index in [0.717, 1.165) is 5.56 Å². The summed E-state index contributed by atoms with van der Waals surface area (Å²) in [5.41, 5.74) is 2.43. The van der Waals surface area contributed by atoms with Gasteiger partial charge in [-0.05, 0) is 30.5 Å². The van der Waals surface area contributed by atoms with Crippen molar-refractivity contribution in [2.45, 2.75) is 6.23 Å². The predicted molar refractivity (Wildman–Crippen MR) is 95.8 cm³/mol. The van der Waals surface area contributed by atoms with Gasteiger partial charge in [-0.25, -0.2) is 9.98 Å². The number of benzene rings is 2. The summed E-state index contributed by atoms with van der Waals surface area (Å²) in [6.07, 6.45) is -1.32. The SMILES string of the molecule is O=C(O)CNC([O-])C[NH+]=C1c2ccccc2-n2c1nc1ccccc1c2=O. The van der Waals surface area contributed by atoms with Crippen LogP contribution < -0.4 is 21.0 Å². The second-order valence-electron chi connectivity index (χ2n) is 6.13. The van der Waals surface area contributed by atoms with E-state index in [0.29, 0.717) is 28.1 Å². The maximum atomic E-state index is 13.0. The molecule has 8 nitrogen and oxygen atoms in total. The van der Waals surface area contributed by atoms with E-state index in [4.69, 9.17) is 5.11 Å². The molecule has 0 amide bonds. The van der Waals surface area contributed by atoms with Crippen LogP contribution in [-0.4, -0.2) is 45.7 Å². The highest BCUT2D eigenvalue weighted by molar-refractivity contribution is 6.13. The van der Waals surface area contributed by atoms with Crippen LogP contribution in [0.2, 0.25) is 0 Å². The van der Waals surface area contributed by atoms with Gasteiger partial charge in [0.1, 0.15) is 6.54 Å². The molecule has 1 atom stereocenters. The van der Waals surface area contributed by atoms with Gasteiger partial charge in [0.2, 0.25) is 5.82 Å². The first kappa shape index (κ1) is 17.1. The van der Waals surface area contributed by atoms with Gasteiger partial charge in [-0.15, -0.1) is 0 Å². The van der Waals surface area contributed by atoms with Gasteiger partial charge in [0, 0.05) is 0 Å². The molecule has 1 aromatic heterocycles. The first-order valence-corrected chi connectivity index (χ1v) is 8.40. The minimum Gasteiger partial charge on any atom is -0.836 e. The number of hydrogen-bond acceptors (Lipinski definition) is 5. The highest BCUT2D eigenvalue weighted by atomic mass is 16.4. The fourth-order valence-corrected chi connectivity index (χ4v) is 3.17. The Kier molecular flexibility index (Phi) is 4.27. The number of fused-ring (bicyclic) bond motifs is 4. The first-order chi connectivity index (χ1) is 13.1. The summed E-state index contributed by atoms with van der Waals surface area (Å²) in [7, 11) is 0. The van der Waals surface area contributed by atoms with E-state index in [-0.39, 0.29) is 12.1 Å². The Morgan fingerprint density at radius 1 is 1.22 bits per heavy atom. The third kappa shape index (κ3) is 3.01. The van der Waals surface area contributed by atoms with Crippen molar-refractivity contribution in [3.8, 4) is 5.69 Å². The lowest BCUT2D eigenvalue weighted by molar-refractivity contribution is -0.538. The summed E-state index contributed by atoms with van der Waals surface area (Å²) in [4.78, 5) is 31.2. The largest absolute Gasteiger partial charge is 0.836 e. The van der Waals surface area contributed by atoms with Crippen LogP contribution in [0.1, 0.15) is 11.4 Å². The molecule has 4 rings (SSSR count). The second-order valence-corrected chi connectivity index (χ2v) is 6.13. The molecular weight excluding hydrogens is 348 g/mol. The Balaban J connectivity index is 1.82. The molecule has 136 valence electrons. The molecule has 1 aliphatic rings. The molecule has 3 aromatic rings. The Bertz CT molecular complexity index is 1140. The highest BCUT2D eigenvalue weighted by Crippen LogP contribution is 2.24. The molecule has 0 bridgehead atoms. The van der Waals surface area contributed by atoms with Crippen molar-refractivity contribution in [2.24, 2.45) is 0 Å². The number of aromatic nitrogens is 2. The number of nitrogens with zero attached hydrogens (tertiary/aromatic N) is 2. The van der Waals surface area contributed by atoms with E-state index >= 15 is 0 Å². The standard InChI is InChI=1S/C19H15N4O4/c24-15(20-10-16(25)26)9-21-17-12-6-2-4-8-14(12)23-18(17)22-13-7-3-1-5-11(13)19(23)27/h1-8,15,20H,9-10H2,(H,25,26)/q-1/p+1. The van der Waals surface area contributed by atoms with E-state index in [1.54, 1.807) is 18.2 Å². The molecule has 0 spiro atoms. The van der Waals surface area contributed by atoms with Crippen molar-refractivity contribution >= 4 is 22.6 Å². The van der Waals surface area contributed by atoms with E-state index in [1.165, 1.54) is 4.57 Å². The maximum Gasteiger partial charge on any atom is 0.317 e. The van der Waals surface area contributed by atoms with Crippen LogP contribution in [0.4, 0.5) is 0 Å². The monoisotopic (exact) mass is 364 g/mol. The summed E-state index contributed by atoms with van der Waals surface area (Å²) in [6, 6.07) is 14.4. The van der Waals surface area contributed by atoms with Gasteiger partial charge in [-0.1, -0.05) is 24.3 Å². The number of carboxylic acid groups (broad SMARTS) is 1. The van der Waals surface area contributed by atoms with Crippen LogP contribution in [0.15, 0.2) is 53.3 Å². The lowest BCUT2D eigenvalue weighted by Crippen LogP contribution is -2.79. The molecule has 0 aliphatic carbocycles. The van der Waals surface area contributed by atoms with Crippen LogP contribution in [0.5, 0.6) is 0 Å². The molecule has 1 unspecified atom stereocenters. The van der Waals surface area contributed by atoms with Crippen LogP contribution in [-0.2, 0) is 4.79 Å². The zero-order chi connectivity index (χ0) is 19.0. The first-order valence-electron chi connectivity index (χ1n) is 8.40. The summed E-state index contributed by atoms with van der Waals surface area (Å²) < 4.78 is 1.53. The zero-order valence-electron chi connectivity index (χ0n) is 14.2. The maximum absolute atomic E-state index is 13.0. The average molecular weight is 364 g/mol. The van der Waals surface area contributed by atoms with Crippen molar-refractivity contribution in [1.29, 1.82) is 0 Å². The summed E-state index contributed by atoms with van der Waals surface area (Å²) >= 11 is 0. The topological polar surface area (TPSA) is 121 Å². The number of aliphatic carboxylic acids is 1. The fraction of sp³-hybridized carbons (Fsp3) is 0.158. The molecule has 0 radical (unpaired) electrons. The Morgan fingerprint density at radius 3 is 2.78 bits per heavy atom. The van der Waals surface area contributed by atoms with E-state index in [9.17, 15) is 14.7 Å². The lowest BCUT2D eigenvalue weighted by atomic mass is 10.1. The quantitative estimate of drug-likeness (QED) is 0.352. The van der Waals surface area contributed by atoms with Crippen LogP contribution in [0.3, 0.4) is 0 Å². The molecule has 3 N–H and O–H groups in total. The third-order valence-corrected chi connectivity index (χ3v) is 4.36. The van der Waals surface area contributed by atoms with Crippen LogP contribution >= 0.6 is 0 Å². The van der Waals surface area contributed by atoms with Gasteiger partial charge in [0.15, 0.2) is 0 Å².